The monoisotopic (exact) mass is 333 g/mol. The Morgan fingerprint density at radius 1 is 1.39 bits per heavy atom. The molecule has 18 heavy (non-hydrogen) atoms. The third-order valence-electron chi connectivity index (χ3n) is 3.10. The lowest BCUT2D eigenvalue weighted by Gasteiger charge is -2.30. The van der Waals surface area contributed by atoms with Crippen molar-refractivity contribution in [1.82, 2.24) is 9.97 Å². The summed E-state index contributed by atoms with van der Waals surface area (Å²) in [5, 5.41) is 3.49. The molecule has 1 fully saturated rings. The molecule has 0 spiro atoms. The molecule has 3 rings (SSSR count). The normalized spacial score (nSPS) is 22.9. The highest BCUT2D eigenvalue weighted by Gasteiger charge is 2.31. The molecule has 1 aromatic heterocycles. The number of rotatable bonds is 1. The number of nitrogens with one attached hydrogen (secondary N) is 1. The van der Waals surface area contributed by atoms with Crippen LogP contribution in [0, 0.1) is 0 Å². The van der Waals surface area contributed by atoms with Gasteiger partial charge in [-0.05, 0) is 27.5 Å². The average molecular weight is 335 g/mol. The van der Waals surface area contributed by atoms with E-state index in [2.05, 4.69) is 41.0 Å². The number of nitrogens with zero attached hydrogens (tertiary/aromatic N) is 4. The van der Waals surface area contributed by atoms with Crippen molar-refractivity contribution in [3.63, 3.8) is 0 Å². The summed E-state index contributed by atoms with van der Waals surface area (Å²) in [7, 11) is 1.99. The minimum Gasteiger partial charge on any atom is -0.378 e. The molecule has 3 heterocycles. The summed E-state index contributed by atoms with van der Waals surface area (Å²) in [6.07, 6.45) is 0. The van der Waals surface area contributed by atoms with Crippen LogP contribution in [0.4, 0.5) is 17.3 Å². The lowest BCUT2D eigenvalue weighted by Crippen LogP contribution is -2.38. The molecule has 0 aliphatic carbocycles. The van der Waals surface area contributed by atoms with E-state index < -0.39 is 0 Å². The van der Waals surface area contributed by atoms with Crippen molar-refractivity contribution in [3.8, 4) is 0 Å². The van der Waals surface area contributed by atoms with Crippen molar-refractivity contribution in [2.75, 3.05) is 48.5 Å². The molecule has 0 amide bonds. The van der Waals surface area contributed by atoms with Crippen LogP contribution in [0.5, 0.6) is 0 Å². The smallest absolute Gasteiger partial charge is 0.226 e. The van der Waals surface area contributed by atoms with Gasteiger partial charge in [0.25, 0.3) is 0 Å². The Labute approximate surface area is 118 Å². The van der Waals surface area contributed by atoms with Gasteiger partial charge >= 0.3 is 0 Å². The van der Waals surface area contributed by atoms with E-state index in [9.17, 15) is 0 Å². The Bertz CT molecular complexity index is 468. The van der Waals surface area contributed by atoms with Crippen LogP contribution in [-0.4, -0.2) is 48.4 Å². The van der Waals surface area contributed by atoms with Gasteiger partial charge in [0.15, 0.2) is 16.7 Å². The van der Waals surface area contributed by atoms with E-state index in [1.807, 2.05) is 7.05 Å². The predicted octanol–water partition coefficient (Wildman–Crippen LogP) is 1.51. The molecule has 2 aliphatic rings. The molecule has 2 aliphatic heterocycles. The molecule has 8 heteroatoms. The van der Waals surface area contributed by atoms with Gasteiger partial charge in [0, 0.05) is 20.1 Å². The number of hydrogen-bond donors (Lipinski definition) is 1. The van der Waals surface area contributed by atoms with Gasteiger partial charge in [-0.15, -0.1) is 0 Å². The maximum absolute atomic E-state index is 5.99. The van der Waals surface area contributed by atoms with E-state index >= 15 is 0 Å². The standard InChI is InChI=1S/C10H13BrClN5O/c1-16-6-7(13-9(16)11)14-10(12)15-8(6)17-2-4-18-5-3-17/h9H,2-5H2,1H3,(H,13,14,15). The minimum absolute atomic E-state index is 0.0139. The Morgan fingerprint density at radius 2 is 2.11 bits per heavy atom. The highest BCUT2D eigenvalue weighted by atomic mass is 79.9. The third-order valence-corrected chi connectivity index (χ3v) is 4.11. The first kappa shape index (κ1) is 12.3. The van der Waals surface area contributed by atoms with Gasteiger partial charge in [-0.3, -0.25) is 0 Å². The fourth-order valence-electron chi connectivity index (χ4n) is 2.16. The first-order valence-corrected chi connectivity index (χ1v) is 7.00. The van der Waals surface area contributed by atoms with Crippen LogP contribution in [0.15, 0.2) is 0 Å². The zero-order chi connectivity index (χ0) is 12.7. The molecule has 1 unspecified atom stereocenters. The molecule has 1 aromatic rings. The van der Waals surface area contributed by atoms with Crippen molar-refractivity contribution in [2.45, 2.75) is 5.08 Å². The maximum atomic E-state index is 5.99. The summed E-state index contributed by atoms with van der Waals surface area (Å²) in [4.78, 5) is 12.8. The van der Waals surface area contributed by atoms with Gasteiger partial charge in [0.1, 0.15) is 5.69 Å². The quantitative estimate of drug-likeness (QED) is 0.477. The summed E-state index contributed by atoms with van der Waals surface area (Å²) < 4.78 is 5.36. The summed E-state index contributed by atoms with van der Waals surface area (Å²) in [5.41, 5.74) is 0.975. The van der Waals surface area contributed by atoms with Gasteiger partial charge in [-0.1, -0.05) is 0 Å². The van der Waals surface area contributed by atoms with Crippen LogP contribution in [0.25, 0.3) is 0 Å². The van der Waals surface area contributed by atoms with Gasteiger partial charge in [-0.25, -0.2) is 0 Å². The predicted molar refractivity (Wildman–Crippen MR) is 74.8 cm³/mol. The Balaban J connectivity index is 2.03. The fraction of sp³-hybridized carbons (Fsp3) is 0.600. The van der Waals surface area contributed by atoms with E-state index in [4.69, 9.17) is 16.3 Å². The number of ether oxygens (including phenoxy) is 1. The van der Waals surface area contributed by atoms with Crippen molar-refractivity contribution < 1.29 is 4.74 Å². The lowest BCUT2D eigenvalue weighted by molar-refractivity contribution is 0.122. The van der Waals surface area contributed by atoms with Crippen LogP contribution in [0.1, 0.15) is 0 Å². The molecule has 6 nitrogen and oxygen atoms in total. The molecule has 1 atom stereocenters. The van der Waals surface area contributed by atoms with E-state index in [0.29, 0.717) is 13.2 Å². The van der Waals surface area contributed by atoms with Crippen molar-refractivity contribution in [1.29, 1.82) is 0 Å². The average Bonchev–Trinajstić information content (AvgIpc) is 2.65. The second-order valence-electron chi connectivity index (χ2n) is 4.20. The molecular weight excluding hydrogens is 322 g/mol. The first-order valence-electron chi connectivity index (χ1n) is 5.70. The van der Waals surface area contributed by atoms with Gasteiger partial charge in [-0.2, -0.15) is 9.97 Å². The number of aromatic nitrogens is 2. The second-order valence-corrected chi connectivity index (χ2v) is 5.41. The van der Waals surface area contributed by atoms with Gasteiger partial charge < -0.3 is 19.9 Å². The van der Waals surface area contributed by atoms with Crippen LogP contribution in [0.3, 0.4) is 0 Å². The van der Waals surface area contributed by atoms with E-state index in [1.165, 1.54) is 0 Å². The Kier molecular flexibility index (Phi) is 3.21. The van der Waals surface area contributed by atoms with Gasteiger partial charge in [0.05, 0.1) is 13.2 Å². The largest absolute Gasteiger partial charge is 0.378 e. The first-order chi connectivity index (χ1) is 8.66. The molecule has 0 aromatic carbocycles. The van der Waals surface area contributed by atoms with E-state index in [1.54, 1.807) is 0 Å². The van der Waals surface area contributed by atoms with Gasteiger partial charge in [0.2, 0.25) is 5.28 Å². The number of anilines is 3. The fourth-order valence-corrected chi connectivity index (χ4v) is 2.75. The Hall–Kier alpha value is -0.790. The molecular formula is C10H13BrClN5O. The van der Waals surface area contributed by atoms with Crippen LogP contribution >= 0.6 is 27.5 Å². The molecule has 0 saturated carbocycles. The molecule has 1 N–H and O–H groups in total. The Morgan fingerprint density at radius 3 is 2.83 bits per heavy atom. The third kappa shape index (κ3) is 2.00. The number of hydrogen-bond acceptors (Lipinski definition) is 6. The lowest BCUT2D eigenvalue weighted by atomic mass is 10.3. The zero-order valence-electron chi connectivity index (χ0n) is 9.86. The number of fused-ring (bicyclic) bond motifs is 1. The molecule has 0 bridgehead atoms. The molecule has 98 valence electrons. The number of morpholine rings is 1. The zero-order valence-corrected chi connectivity index (χ0v) is 12.2. The highest BCUT2D eigenvalue weighted by Crippen LogP contribution is 2.41. The molecule has 0 radical (unpaired) electrons. The van der Waals surface area contributed by atoms with Crippen LogP contribution < -0.4 is 15.1 Å². The van der Waals surface area contributed by atoms with Crippen LogP contribution in [0.2, 0.25) is 5.28 Å². The number of halogens is 2. The van der Waals surface area contributed by atoms with E-state index in [-0.39, 0.29) is 10.4 Å². The minimum atomic E-state index is 0.0139. The SMILES string of the molecule is CN1c2c(nc(Cl)nc2N2CCOCC2)NC1Br. The maximum Gasteiger partial charge on any atom is 0.226 e. The summed E-state index contributed by atoms with van der Waals surface area (Å²) >= 11 is 9.52. The van der Waals surface area contributed by atoms with Crippen molar-refractivity contribution in [2.24, 2.45) is 0 Å². The second kappa shape index (κ2) is 4.71. The number of alkyl halides is 1. The summed E-state index contributed by atoms with van der Waals surface area (Å²) in [6.45, 7) is 3.07. The van der Waals surface area contributed by atoms with Crippen molar-refractivity contribution in [3.05, 3.63) is 5.28 Å². The van der Waals surface area contributed by atoms with Crippen LogP contribution in [-0.2, 0) is 4.74 Å². The van der Waals surface area contributed by atoms with E-state index in [0.717, 1.165) is 30.4 Å². The summed E-state index contributed by atoms with van der Waals surface area (Å²) in [5.74, 6) is 1.63. The molecule has 1 saturated heterocycles. The highest BCUT2D eigenvalue weighted by molar-refractivity contribution is 9.09. The van der Waals surface area contributed by atoms with Crippen molar-refractivity contribution >= 4 is 44.9 Å². The summed E-state index contributed by atoms with van der Waals surface area (Å²) in [6, 6.07) is 0. The topological polar surface area (TPSA) is 53.5 Å².